The molecule has 1 aliphatic heterocycles. The quantitative estimate of drug-likeness (QED) is 0.741. The van der Waals surface area contributed by atoms with Crippen molar-refractivity contribution in [3.63, 3.8) is 0 Å². The van der Waals surface area contributed by atoms with Crippen LogP contribution >= 0.6 is 0 Å². The second kappa shape index (κ2) is 6.32. The van der Waals surface area contributed by atoms with Crippen LogP contribution in [0.1, 0.15) is 11.1 Å². The molecule has 6 heteroatoms. The second-order valence-corrected chi connectivity index (χ2v) is 5.85. The third kappa shape index (κ3) is 3.19. The molecule has 3 aromatic rings. The van der Waals surface area contributed by atoms with Crippen molar-refractivity contribution in [3.8, 4) is 11.5 Å². The SMILES string of the molecule is Cc1cccc(Nc2cc(Nc3ccc4c(c3)OCO4)ncn2)c1C. The van der Waals surface area contributed by atoms with Gasteiger partial charge in [-0.2, -0.15) is 0 Å². The molecule has 0 spiro atoms. The Balaban J connectivity index is 1.54. The minimum absolute atomic E-state index is 0.260. The smallest absolute Gasteiger partial charge is 0.231 e. The summed E-state index contributed by atoms with van der Waals surface area (Å²) in [4.78, 5) is 8.57. The normalized spacial score (nSPS) is 12.1. The third-order valence-corrected chi connectivity index (χ3v) is 4.18. The maximum absolute atomic E-state index is 5.40. The fourth-order valence-electron chi connectivity index (χ4n) is 2.64. The van der Waals surface area contributed by atoms with E-state index >= 15 is 0 Å². The lowest BCUT2D eigenvalue weighted by molar-refractivity contribution is 0.174. The Morgan fingerprint density at radius 3 is 2.56 bits per heavy atom. The summed E-state index contributed by atoms with van der Waals surface area (Å²) in [6.45, 7) is 4.44. The molecule has 1 aliphatic rings. The number of aromatic nitrogens is 2. The van der Waals surface area contributed by atoms with Gasteiger partial charge in [-0.1, -0.05) is 12.1 Å². The van der Waals surface area contributed by atoms with Crippen molar-refractivity contribution in [2.24, 2.45) is 0 Å². The maximum atomic E-state index is 5.40. The van der Waals surface area contributed by atoms with E-state index in [0.29, 0.717) is 5.82 Å². The lowest BCUT2D eigenvalue weighted by atomic mass is 10.1. The van der Waals surface area contributed by atoms with Gasteiger partial charge in [0.15, 0.2) is 11.5 Å². The molecule has 0 radical (unpaired) electrons. The number of hydrogen-bond acceptors (Lipinski definition) is 6. The molecule has 0 bridgehead atoms. The summed E-state index contributed by atoms with van der Waals surface area (Å²) in [6.07, 6.45) is 1.53. The van der Waals surface area contributed by atoms with Gasteiger partial charge in [-0.15, -0.1) is 0 Å². The number of rotatable bonds is 4. The van der Waals surface area contributed by atoms with Gasteiger partial charge in [-0.25, -0.2) is 9.97 Å². The van der Waals surface area contributed by atoms with Crippen LogP contribution in [0.3, 0.4) is 0 Å². The number of nitrogens with one attached hydrogen (secondary N) is 2. The highest BCUT2D eigenvalue weighted by molar-refractivity contribution is 5.67. The summed E-state index contributed by atoms with van der Waals surface area (Å²) in [5, 5.41) is 6.60. The van der Waals surface area contributed by atoms with E-state index in [9.17, 15) is 0 Å². The first kappa shape index (κ1) is 15.3. The standard InChI is InChI=1S/C19H18N4O2/c1-12-4-3-5-15(13(12)2)23-19-9-18(20-10-21-19)22-14-6-7-16-17(8-14)25-11-24-16/h3-10H,11H2,1-2H3,(H2,20,21,22,23). The molecule has 0 unspecified atom stereocenters. The number of nitrogens with zero attached hydrogens (tertiary/aromatic N) is 2. The van der Waals surface area contributed by atoms with Crippen molar-refractivity contribution in [1.82, 2.24) is 9.97 Å². The summed E-state index contributed by atoms with van der Waals surface area (Å²) in [6, 6.07) is 13.7. The Hall–Kier alpha value is -3.28. The average molecular weight is 334 g/mol. The number of anilines is 4. The van der Waals surface area contributed by atoms with Crippen LogP contribution in [-0.4, -0.2) is 16.8 Å². The summed E-state index contributed by atoms with van der Waals surface area (Å²) < 4.78 is 10.7. The number of hydrogen-bond donors (Lipinski definition) is 2. The van der Waals surface area contributed by atoms with E-state index in [-0.39, 0.29) is 6.79 Å². The highest BCUT2D eigenvalue weighted by Gasteiger charge is 2.13. The van der Waals surface area contributed by atoms with Crippen molar-refractivity contribution < 1.29 is 9.47 Å². The third-order valence-electron chi connectivity index (χ3n) is 4.18. The molecule has 126 valence electrons. The average Bonchev–Trinajstić information content (AvgIpc) is 3.07. The zero-order chi connectivity index (χ0) is 17.2. The van der Waals surface area contributed by atoms with Gasteiger partial charge in [0, 0.05) is 23.5 Å². The van der Waals surface area contributed by atoms with E-state index in [0.717, 1.165) is 28.7 Å². The number of benzene rings is 2. The number of aryl methyl sites for hydroxylation is 1. The summed E-state index contributed by atoms with van der Waals surface area (Å²) in [5.74, 6) is 2.91. The molecule has 6 nitrogen and oxygen atoms in total. The topological polar surface area (TPSA) is 68.3 Å². The monoisotopic (exact) mass is 334 g/mol. The molecule has 4 rings (SSSR count). The van der Waals surface area contributed by atoms with Gasteiger partial charge in [0.25, 0.3) is 0 Å². The van der Waals surface area contributed by atoms with Gasteiger partial charge in [0.1, 0.15) is 18.0 Å². The molecule has 0 aliphatic carbocycles. The molecule has 0 fully saturated rings. The molecular formula is C19H18N4O2. The zero-order valence-corrected chi connectivity index (χ0v) is 14.0. The van der Waals surface area contributed by atoms with Crippen molar-refractivity contribution in [3.05, 3.63) is 59.9 Å². The van der Waals surface area contributed by atoms with Gasteiger partial charge in [-0.05, 0) is 43.2 Å². The van der Waals surface area contributed by atoms with Crippen LogP contribution < -0.4 is 20.1 Å². The molecule has 1 aromatic heterocycles. The van der Waals surface area contributed by atoms with Crippen LogP contribution in [0.25, 0.3) is 0 Å². The van der Waals surface area contributed by atoms with E-state index in [1.165, 1.54) is 17.5 Å². The van der Waals surface area contributed by atoms with Crippen LogP contribution in [-0.2, 0) is 0 Å². The number of fused-ring (bicyclic) bond motifs is 1. The molecule has 2 aromatic carbocycles. The summed E-state index contributed by atoms with van der Waals surface area (Å²) >= 11 is 0. The van der Waals surface area contributed by atoms with Crippen LogP contribution in [0, 0.1) is 13.8 Å². The first-order valence-corrected chi connectivity index (χ1v) is 8.01. The lowest BCUT2D eigenvalue weighted by Crippen LogP contribution is -2.00. The van der Waals surface area contributed by atoms with Crippen molar-refractivity contribution in [1.29, 1.82) is 0 Å². The van der Waals surface area contributed by atoms with E-state index in [4.69, 9.17) is 9.47 Å². The lowest BCUT2D eigenvalue weighted by Gasteiger charge is -2.12. The van der Waals surface area contributed by atoms with E-state index in [1.807, 2.05) is 36.4 Å². The number of ether oxygens (including phenoxy) is 2. The Kier molecular flexibility index (Phi) is 3.85. The van der Waals surface area contributed by atoms with E-state index in [2.05, 4.69) is 40.5 Å². The van der Waals surface area contributed by atoms with Gasteiger partial charge in [-0.3, -0.25) is 0 Å². The minimum atomic E-state index is 0.260. The van der Waals surface area contributed by atoms with E-state index < -0.39 is 0 Å². The molecular weight excluding hydrogens is 316 g/mol. The largest absolute Gasteiger partial charge is 0.454 e. The molecule has 0 atom stereocenters. The van der Waals surface area contributed by atoms with Gasteiger partial charge >= 0.3 is 0 Å². The van der Waals surface area contributed by atoms with Crippen LogP contribution in [0.15, 0.2) is 48.8 Å². The fourth-order valence-corrected chi connectivity index (χ4v) is 2.64. The van der Waals surface area contributed by atoms with Crippen LogP contribution in [0.4, 0.5) is 23.0 Å². The first-order valence-electron chi connectivity index (χ1n) is 8.01. The fraction of sp³-hybridized carbons (Fsp3) is 0.158. The summed E-state index contributed by atoms with van der Waals surface area (Å²) in [5.41, 5.74) is 4.34. The Bertz CT molecular complexity index is 927. The highest BCUT2D eigenvalue weighted by atomic mass is 16.7. The molecule has 0 saturated heterocycles. The Labute approximate surface area is 145 Å². The molecule has 25 heavy (non-hydrogen) atoms. The van der Waals surface area contributed by atoms with Gasteiger partial charge in [0.05, 0.1) is 0 Å². The van der Waals surface area contributed by atoms with Crippen molar-refractivity contribution in [2.75, 3.05) is 17.4 Å². The van der Waals surface area contributed by atoms with E-state index in [1.54, 1.807) is 0 Å². The zero-order valence-electron chi connectivity index (χ0n) is 14.0. The highest BCUT2D eigenvalue weighted by Crippen LogP contribution is 2.35. The predicted molar refractivity (Wildman–Crippen MR) is 97.1 cm³/mol. The summed E-state index contributed by atoms with van der Waals surface area (Å²) in [7, 11) is 0. The first-order chi connectivity index (χ1) is 12.2. The minimum Gasteiger partial charge on any atom is -0.454 e. The molecule has 2 heterocycles. The van der Waals surface area contributed by atoms with Crippen LogP contribution in [0.2, 0.25) is 0 Å². The van der Waals surface area contributed by atoms with Crippen LogP contribution in [0.5, 0.6) is 11.5 Å². The molecule has 0 amide bonds. The second-order valence-electron chi connectivity index (χ2n) is 5.85. The Morgan fingerprint density at radius 1 is 0.880 bits per heavy atom. The predicted octanol–water partition coefficient (Wildman–Crippen LogP) is 4.31. The van der Waals surface area contributed by atoms with Gasteiger partial charge in [0.2, 0.25) is 6.79 Å². The Morgan fingerprint density at radius 2 is 1.68 bits per heavy atom. The maximum Gasteiger partial charge on any atom is 0.231 e. The molecule has 0 saturated carbocycles. The van der Waals surface area contributed by atoms with Crippen molar-refractivity contribution >= 4 is 23.0 Å². The van der Waals surface area contributed by atoms with Crippen molar-refractivity contribution in [2.45, 2.75) is 13.8 Å². The van der Waals surface area contributed by atoms with Gasteiger partial charge < -0.3 is 20.1 Å². The molecule has 2 N–H and O–H groups in total.